The molecule has 0 saturated heterocycles. The highest BCUT2D eigenvalue weighted by molar-refractivity contribution is 4.50. The van der Waals surface area contributed by atoms with Crippen LogP contribution in [0.15, 0.2) is 0 Å². The normalized spacial score (nSPS) is 11.5. The first-order valence-corrected chi connectivity index (χ1v) is 10.6. The Morgan fingerprint density at radius 3 is 1.09 bits per heavy atom. The summed E-state index contributed by atoms with van der Waals surface area (Å²) in [4.78, 5) is 0. The Labute approximate surface area is 165 Å². The van der Waals surface area contributed by atoms with Gasteiger partial charge in [-0.05, 0) is 32.1 Å². The molecule has 1 nitrogen and oxygen atoms in total. The van der Waals surface area contributed by atoms with Crippen LogP contribution in [-0.2, 0) is 0 Å². The maximum atomic E-state index is 2.36. The summed E-state index contributed by atoms with van der Waals surface area (Å²) in [5.74, 6) is 0. The van der Waals surface area contributed by atoms with Gasteiger partial charge in [0.2, 0.25) is 0 Å². The maximum Gasteiger partial charge on any atom is 0.0786 e. The molecule has 0 rings (SSSR count). The van der Waals surface area contributed by atoms with Gasteiger partial charge in [0.1, 0.15) is 0 Å². The molecule has 0 aliphatic carbocycles. The molecule has 0 heterocycles. The molecule has 23 heavy (non-hydrogen) atoms. The zero-order valence-corrected chi connectivity index (χ0v) is 19.0. The molecule has 0 atom stereocenters. The van der Waals surface area contributed by atoms with Gasteiger partial charge < -0.3 is 28.5 Å². The number of quaternary nitrogens is 1. The minimum Gasteiger partial charge on any atom is -1.00 e. The molecule has 0 fully saturated rings. The first kappa shape index (κ1) is 25.9. The van der Waals surface area contributed by atoms with Crippen molar-refractivity contribution in [2.75, 3.05) is 26.2 Å². The Hall–Kier alpha value is 0.690. The average Bonchev–Trinajstić information content (AvgIpc) is 2.50. The zero-order chi connectivity index (χ0) is 16.5. The number of hydrogen-bond acceptors (Lipinski definition) is 0. The first-order chi connectivity index (χ1) is 10.7. The van der Waals surface area contributed by atoms with E-state index in [-0.39, 0.29) is 24.0 Å². The van der Waals surface area contributed by atoms with E-state index in [4.69, 9.17) is 0 Å². The van der Waals surface area contributed by atoms with Crippen molar-refractivity contribution in [3.8, 4) is 0 Å². The molecular formula is C21H46IN. The summed E-state index contributed by atoms with van der Waals surface area (Å²) in [5, 5.41) is 0. The Morgan fingerprint density at radius 2 is 0.739 bits per heavy atom. The van der Waals surface area contributed by atoms with Crippen LogP contribution in [0.2, 0.25) is 0 Å². The zero-order valence-electron chi connectivity index (χ0n) is 16.8. The van der Waals surface area contributed by atoms with E-state index in [1.54, 1.807) is 0 Å². The van der Waals surface area contributed by atoms with Gasteiger partial charge in [0.15, 0.2) is 0 Å². The van der Waals surface area contributed by atoms with Crippen LogP contribution in [0.5, 0.6) is 0 Å². The second kappa shape index (κ2) is 19.0. The van der Waals surface area contributed by atoms with Crippen LogP contribution in [0, 0.1) is 0 Å². The van der Waals surface area contributed by atoms with Crippen LogP contribution in [0.3, 0.4) is 0 Å². The second-order valence-corrected chi connectivity index (χ2v) is 7.42. The highest BCUT2D eigenvalue weighted by Crippen LogP contribution is 2.16. The van der Waals surface area contributed by atoms with Gasteiger partial charge in [-0.15, -0.1) is 0 Å². The molecule has 0 radical (unpaired) electrons. The SMILES string of the molecule is CCCCCCCCCCCC[N+](CCC)(CCC)CCC.[I-]. The van der Waals surface area contributed by atoms with Crippen molar-refractivity contribution in [3.05, 3.63) is 0 Å². The van der Waals surface area contributed by atoms with Gasteiger partial charge in [-0.1, -0.05) is 79.1 Å². The molecule has 0 aromatic heterocycles. The molecule has 0 spiro atoms. The van der Waals surface area contributed by atoms with Crippen molar-refractivity contribution in [1.29, 1.82) is 0 Å². The van der Waals surface area contributed by atoms with E-state index < -0.39 is 0 Å². The predicted molar refractivity (Wildman–Crippen MR) is 102 cm³/mol. The summed E-state index contributed by atoms with van der Waals surface area (Å²) < 4.78 is 1.40. The fraction of sp³-hybridized carbons (Fsp3) is 1.00. The van der Waals surface area contributed by atoms with Gasteiger partial charge in [-0.3, -0.25) is 0 Å². The van der Waals surface area contributed by atoms with Crippen LogP contribution in [0.25, 0.3) is 0 Å². The van der Waals surface area contributed by atoms with Crippen LogP contribution < -0.4 is 24.0 Å². The van der Waals surface area contributed by atoms with E-state index in [0.717, 1.165) is 0 Å². The maximum absolute atomic E-state index is 2.36. The molecule has 2 heteroatoms. The van der Waals surface area contributed by atoms with Crippen LogP contribution in [0.1, 0.15) is 111 Å². The smallest absolute Gasteiger partial charge is 0.0786 e. The predicted octanol–water partition coefficient (Wildman–Crippen LogP) is 3.96. The van der Waals surface area contributed by atoms with E-state index in [1.807, 2.05) is 0 Å². The lowest BCUT2D eigenvalue weighted by Crippen LogP contribution is -3.00. The summed E-state index contributed by atoms with van der Waals surface area (Å²) >= 11 is 0. The van der Waals surface area contributed by atoms with Crippen molar-refractivity contribution in [2.24, 2.45) is 0 Å². The van der Waals surface area contributed by atoms with Gasteiger partial charge in [0.25, 0.3) is 0 Å². The Balaban J connectivity index is 0. The first-order valence-electron chi connectivity index (χ1n) is 10.6. The summed E-state index contributed by atoms with van der Waals surface area (Å²) in [6.45, 7) is 15.0. The molecule has 0 aromatic carbocycles. The van der Waals surface area contributed by atoms with Crippen molar-refractivity contribution in [3.63, 3.8) is 0 Å². The highest BCUT2D eigenvalue weighted by atomic mass is 127. The van der Waals surface area contributed by atoms with Crippen LogP contribution in [-0.4, -0.2) is 30.7 Å². The number of halogens is 1. The molecule has 142 valence electrons. The Kier molecular flexibility index (Phi) is 21.4. The molecule has 0 saturated carbocycles. The third-order valence-electron chi connectivity index (χ3n) is 5.08. The third kappa shape index (κ3) is 14.7. The van der Waals surface area contributed by atoms with Crippen molar-refractivity contribution >= 4 is 0 Å². The Bertz CT molecular complexity index is 201. The quantitative estimate of drug-likeness (QED) is 0.183. The van der Waals surface area contributed by atoms with Gasteiger partial charge in [0, 0.05) is 0 Å². The number of nitrogens with zero attached hydrogens (tertiary/aromatic N) is 1. The standard InChI is InChI=1S/C21H46N.HI/c1-5-9-10-11-12-13-14-15-16-17-21-22(18-6-2,19-7-3)20-8-4;/h5-21H2,1-4H3;1H/q+1;/p-1. The van der Waals surface area contributed by atoms with E-state index >= 15 is 0 Å². The molecule has 0 aromatic rings. The van der Waals surface area contributed by atoms with Gasteiger partial charge >= 0.3 is 0 Å². The van der Waals surface area contributed by atoms with Crippen molar-refractivity contribution in [2.45, 2.75) is 111 Å². The third-order valence-corrected chi connectivity index (χ3v) is 5.08. The van der Waals surface area contributed by atoms with E-state index in [9.17, 15) is 0 Å². The fourth-order valence-electron chi connectivity index (χ4n) is 4.03. The van der Waals surface area contributed by atoms with Crippen LogP contribution in [0.4, 0.5) is 0 Å². The number of hydrogen-bond donors (Lipinski definition) is 0. The molecule has 0 N–H and O–H groups in total. The second-order valence-electron chi connectivity index (χ2n) is 7.42. The summed E-state index contributed by atoms with van der Waals surface area (Å²) in [5.41, 5.74) is 0. The summed E-state index contributed by atoms with van der Waals surface area (Å²) in [7, 11) is 0. The lowest BCUT2D eigenvalue weighted by molar-refractivity contribution is -0.928. The van der Waals surface area contributed by atoms with E-state index in [0.29, 0.717) is 0 Å². The monoisotopic (exact) mass is 439 g/mol. The largest absolute Gasteiger partial charge is 1.00 e. The average molecular weight is 440 g/mol. The Morgan fingerprint density at radius 1 is 0.391 bits per heavy atom. The van der Waals surface area contributed by atoms with Gasteiger partial charge in [-0.25, -0.2) is 0 Å². The van der Waals surface area contributed by atoms with Crippen molar-refractivity contribution in [1.82, 2.24) is 0 Å². The minimum atomic E-state index is 0. The fourth-order valence-corrected chi connectivity index (χ4v) is 4.03. The van der Waals surface area contributed by atoms with E-state index in [2.05, 4.69) is 27.7 Å². The number of rotatable bonds is 17. The molecule has 0 bridgehead atoms. The molecule has 0 aliphatic rings. The van der Waals surface area contributed by atoms with Gasteiger partial charge in [-0.2, -0.15) is 0 Å². The molecule has 0 aliphatic heterocycles. The van der Waals surface area contributed by atoms with E-state index in [1.165, 1.54) is 114 Å². The topological polar surface area (TPSA) is 0 Å². The summed E-state index contributed by atoms with van der Waals surface area (Å²) in [6, 6.07) is 0. The summed E-state index contributed by atoms with van der Waals surface area (Å²) in [6.07, 6.45) is 18.6. The minimum absolute atomic E-state index is 0. The lowest BCUT2D eigenvalue weighted by atomic mass is 10.1. The van der Waals surface area contributed by atoms with Gasteiger partial charge in [0.05, 0.1) is 26.2 Å². The van der Waals surface area contributed by atoms with Crippen molar-refractivity contribution < 1.29 is 28.5 Å². The lowest BCUT2D eigenvalue weighted by Gasteiger charge is -2.38. The number of unbranched alkanes of at least 4 members (excludes halogenated alkanes) is 9. The highest BCUT2D eigenvalue weighted by Gasteiger charge is 2.23. The molecule has 0 unspecified atom stereocenters. The molecule has 0 amide bonds. The van der Waals surface area contributed by atoms with Crippen LogP contribution >= 0.6 is 0 Å². The molecular weight excluding hydrogens is 393 g/mol.